The molecule has 0 N–H and O–H groups in total. The van der Waals surface area contributed by atoms with Crippen molar-refractivity contribution in [1.82, 2.24) is 14.2 Å². The molecule has 2 aliphatic heterocycles. The van der Waals surface area contributed by atoms with Crippen molar-refractivity contribution >= 4 is 42.6 Å². The second-order valence-electron chi connectivity index (χ2n) is 9.59. The van der Waals surface area contributed by atoms with Crippen molar-refractivity contribution in [3.05, 3.63) is 53.6 Å². The van der Waals surface area contributed by atoms with E-state index in [0.717, 1.165) is 55.8 Å². The molecule has 7 nitrogen and oxygen atoms in total. The predicted molar refractivity (Wildman–Crippen MR) is 145 cm³/mol. The number of amides is 1. The van der Waals surface area contributed by atoms with Gasteiger partial charge in [0.1, 0.15) is 0 Å². The predicted octanol–water partition coefficient (Wildman–Crippen LogP) is 4.77. The largest absolute Gasteiger partial charge is 0.345 e. The molecule has 2 aromatic carbocycles. The van der Waals surface area contributed by atoms with Gasteiger partial charge in [-0.15, -0.1) is 0 Å². The highest BCUT2D eigenvalue weighted by atomic mass is 32.2. The van der Waals surface area contributed by atoms with Crippen LogP contribution in [-0.2, 0) is 16.4 Å². The van der Waals surface area contributed by atoms with Crippen molar-refractivity contribution in [2.45, 2.75) is 56.9 Å². The van der Waals surface area contributed by atoms with Crippen LogP contribution in [0.15, 0.2) is 47.4 Å². The van der Waals surface area contributed by atoms with Crippen molar-refractivity contribution in [1.29, 1.82) is 0 Å². The van der Waals surface area contributed by atoms with E-state index >= 15 is 0 Å². The van der Waals surface area contributed by atoms with E-state index in [4.69, 9.17) is 4.98 Å². The summed E-state index contributed by atoms with van der Waals surface area (Å²) in [6, 6.07) is 12.9. The van der Waals surface area contributed by atoms with Gasteiger partial charge in [0.2, 0.25) is 10.0 Å². The van der Waals surface area contributed by atoms with Gasteiger partial charge in [-0.2, -0.15) is 4.31 Å². The molecule has 1 atom stereocenters. The molecule has 3 heterocycles. The van der Waals surface area contributed by atoms with Crippen molar-refractivity contribution in [2.75, 3.05) is 37.6 Å². The third kappa shape index (κ3) is 4.76. The molecule has 0 aliphatic carbocycles. The van der Waals surface area contributed by atoms with Crippen molar-refractivity contribution in [3.8, 4) is 0 Å². The topological polar surface area (TPSA) is 73.8 Å². The number of sulfonamides is 1. The molecular formula is C27H34N4O3S2. The van der Waals surface area contributed by atoms with Crippen molar-refractivity contribution < 1.29 is 13.2 Å². The number of thiazole rings is 1. The maximum atomic E-state index is 13.2. The standard InChI is InChI=1S/C27H34N4O3S2/c1-3-20-8-7-10-24-25(20)28-27(35-24)30-18-16-29(17-19-30)26(32)21-11-13-23(14-12-21)36(33,34)31-15-6-5-9-22(31)4-2/h7-8,10-14,22H,3-6,9,15-19H2,1-2H3. The van der Waals surface area contributed by atoms with Gasteiger partial charge in [-0.1, -0.05) is 43.7 Å². The Bertz CT molecular complexity index is 1330. The van der Waals surface area contributed by atoms with Crippen molar-refractivity contribution in [3.63, 3.8) is 0 Å². The zero-order chi connectivity index (χ0) is 25.3. The van der Waals surface area contributed by atoms with Gasteiger partial charge in [0.15, 0.2) is 5.13 Å². The number of piperazine rings is 1. The average Bonchev–Trinajstić information content (AvgIpc) is 3.37. The number of hydrogen-bond acceptors (Lipinski definition) is 6. The van der Waals surface area contributed by atoms with Crippen LogP contribution in [-0.4, -0.2) is 67.3 Å². The number of carbonyl (C=O) groups excluding carboxylic acids is 1. The quantitative estimate of drug-likeness (QED) is 0.462. The van der Waals surface area contributed by atoms with E-state index in [9.17, 15) is 13.2 Å². The van der Waals surface area contributed by atoms with Gasteiger partial charge >= 0.3 is 0 Å². The molecule has 1 amide bonds. The highest BCUT2D eigenvalue weighted by molar-refractivity contribution is 7.89. The molecule has 1 unspecified atom stereocenters. The first-order chi connectivity index (χ1) is 17.4. The SMILES string of the molecule is CCc1cccc2sc(N3CCN(C(=O)c4ccc(S(=O)(=O)N5CCCCC5CC)cc4)CC3)nc12. The Hall–Kier alpha value is -2.49. The van der Waals surface area contributed by atoms with Gasteiger partial charge in [0.05, 0.1) is 15.1 Å². The molecule has 0 saturated carbocycles. The summed E-state index contributed by atoms with van der Waals surface area (Å²) in [7, 11) is -3.55. The van der Waals surface area contributed by atoms with Crippen LogP contribution in [0.1, 0.15) is 55.5 Å². The minimum atomic E-state index is -3.55. The fraction of sp³-hybridized carbons (Fsp3) is 0.481. The van der Waals surface area contributed by atoms with Gasteiger partial charge in [0, 0.05) is 44.3 Å². The maximum Gasteiger partial charge on any atom is 0.253 e. The number of fused-ring (bicyclic) bond motifs is 1. The Labute approximate surface area is 217 Å². The lowest BCUT2D eigenvalue weighted by atomic mass is 10.0. The van der Waals surface area contributed by atoms with E-state index < -0.39 is 10.0 Å². The van der Waals surface area contributed by atoms with Gasteiger partial charge in [-0.25, -0.2) is 13.4 Å². The Balaban J connectivity index is 1.24. The Morgan fingerprint density at radius 2 is 1.75 bits per heavy atom. The summed E-state index contributed by atoms with van der Waals surface area (Å²) in [4.78, 5) is 22.4. The normalized spacial score (nSPS) is 19.7. The molecule has 1 aromatic heterocycles. The highest BCUT2D eigenvalue weighted by Gasteiger charge is 2.32. The summed E-state index contributed by atoms with van der Waals surface area (Å²) in [5.41, 5.74) is 2.88. The number of hydrogen-bond donors (Lipinski definition) is 0. The van der Waals surface area contributed by atoms with Crippen LogP contribution in [0, 0.1) is 0 Å². The van der Waals surface area contributed by atoms with Crippen LogP contribution in [0.25, 0.3) is 10.2 Å². The fourth-order valence-corrected chi connectivity index (χ4v) is 8.13. The second-order valence-corrected chi connectivity index (χ2v) is 12.5. The molecule has 192 valence electrons. The first-order valence-electron chi connectivity index (χ1n) is 13.0. The number of carbonyl (C=O) groups is 1. The molecule has 0 radical (unpaired) electrons. The number of rotatable bonds is 6. The molecule has 36 heavy (non-hydrogen) atoms. The molecule has 2 aliphatic rings. The zero-order valence-corrected chi connectivity index (χ0v) is 22.7. The third-order valence-corrected chi connectivity index (χ3v) is 10.5. The lowest BCUT2D eigenvalue weighted by Crippen LogP contribution is -2.48. The van der Waals surface area contributed by atoms with E-state index in [-0.39, 0.29) is 16.8 Å². The number of anilines is 1. The van der Waals surface area contributed by atoms with Crippen LogP contribution < -0.4 is 4.90 Å². The Morgan fingerprint density at radius 3 is 2.44 bits per heavy atom. The number of nitrogens with zero attached hydrogens (tertiary/aromatic N) is 4. The summed E-state index contributed by atoms with van der Waals surface area (Å²) in [6.45, 7) is 7.44. The van der Waals surface area contributed by atoms with Gasteiger partial charge < -0.3 is 9.80 Å². The van der Waals surface area contributed by atoms with E-state index in [1.165, 1.54) is 10.3 Å². The zero-order valence-electron chi connectivity index (χ0n) is 21.0. The lowest BCUT2D eigenvalue weighted by Gasteiger charge is -2.35. The fourth-order valence-electron chi connectivity index (χ4n) is 5.30. The smallest absolute Gasteiger partial charge is 0.253 e. The monoisotopic (exact) mass is 526 g/mol. The van der Waals surface area contributed by atoms with Crippen LogP contribution in [0.4, 0.5) is 5.13 Å². The first kappa shape index (κ1) is 25.2. The van der Waals surface area contributed by atoms with Gasteiger partial charge in [-0.3, -0.25) is 4.79 Å². The number of benzene rings is 2. The lowest BCUT2D eigenvalue weighted by molar-refractivity contribution is 0.0746. The van der Waals surface area contributed by atoms with Crippen molar-refractivity contribution in [2.24, 2.45) is 0 Å². The van der Waals surface area contributed by atoms with E-state index in [1.807, 2.05) is 11.8 Å². The van der Waals surface area contributed by atoms with Crippen LogP contribution >= 0.6 is 11.3 Å². The van der Waals surface area contributed by atoms with Gasteiger partial charge in [-0.05, 0) is 61.6 Å². The van der Waals surface area contributed by atoms with Crippen LogP contribution in [0.5, 0.6) is 0 Å². The summed E-state index contributed by atoms with van der Waals surface area (Å²) < 4.78 is 29.3. The summed E-state index contributed by atoms with van der Waals surface area (Å²) in [5, 5.41) is 1.01. The number of piperidine rings is 1. The Morgan fingerprint density at radius 1 is 1.00 bits per heavy atom. The second kappa shape index (κ2) is 10.5. The van der Waals surface area contributed by atoms with Gasteiger partial charge in [0.25, 0.3) is 5.91 Å². The summed E-state index contributed by atoms with van der Waals surface area (Å²) in [6.07, 6.45) is 4.66. The minimum Gasteiger partial charge on any atom is -0.345 e. The highest BCUT2D eigenvalue weighted by Crippen LogP contribution is 2.32. The molecule has 2 fully saturated rings. The van der Waals surface area contributed by atoms with E-state index in [1.54, 1.807) is 39.9 Å². The van der Waals surface area contributed by atoms with E-state index in [2.05, 4.69) is 30.0 Å². The molecule has 3 aromatic rings. The summed E-state index contributed by atoms with van der Waals surface area (Å²) >= 11 is 1.71. The first-order valence-corrected chi connectivity index (χ1v) is 15.2. The Kier molecular flexibility index (Phi) is 7.32. The number of para-hydroxylation sites is 1. The average molecular weight is 527 g/mol. The molecular weight excluding hydrogens is 492 g/mol. The maximum absolute atomic E-state index is 13.2. The third-order valence-electron chi connectivity index (χ3n) is 7.46. The number of aromatic nitrogens is 1. The van der Waals surface area contributed by atoms with Crippen LogP contribution in [0.3, 0.4) is 0 Å². The molecule has 2 saturated heterocycles. The number of aryl methyl sites for hydroxylation is 1. The molecule has 0 bridgehead atoms. The van der Waals surface area contributed by atoms with Crippen LogP contribution in [0.2, 0.25) is 0 Å². The summed E-state index contributed by atoms with van der Waals surface area (Å²) in [5.74, 6) is -0.0550. The minimum absolute atomic E-state index is 0.0550. The molecule has 0 spiro atoms. The van der Waals surface area contributed by atoms with E-state index in [0.29, 0.717) is 25.2 Å². The molecule has 9 heteroatoms. The molecule has 5 rings (SSSR count).